The molecular formula is C15H25BrN2O2S. The molecule has 21 heavy (non-hydrogen) atoms. The molecule has 120 valence electrons. The van der Waals surface area contributed by atoms with Gasteiger partial charge in [-0.1, -0.05) is 22.9 Å². The number of nitrogens with one attached hydrogen (secondary N) is 1. The minimum absolute atomic E-state index is 0.0546. The lowest BCUT2D eigenvalue weighted by molar-refractivity contribution is 0.354. The Balaban J connectivity index is 3.41. The molecule has 0 saturated carbocycles. The minimum atomic E-state index is -3.48. The van der Waals surface area contributed by atoms with E-state index < -0.39 is 10.0 Å². The number of nitrogens with zero attached hydrogens (tertiary/aromatic N) is 1. The van der Waals surface area contributed by atoms with Crippen LogP contribution in [0.3, 0.4) is 0 Å². The molecule has 4 nitrogen and oxygen atoms in total. The smallest absolute Gasteiger partial charge is 0.243 e. The second-order valence-corrected chi connectivity index (χ2v) is 8.15. The van der Waals surface area contributed by atoms with E-state index in [9.17, 15) is 8.42 Å². The Morgan fingerprint density at radius 3 is 2.43 bits per heavy atom. The molecule has 0 aliphatic carbocycles. The van der Waals surface area contributed by atoms with Gasteiger partial charge in [0.05, 0.1) is 4.90 Å². The first-order chi connectivity index (χ1) is 9.75. The largest absolute Gasteiger partial charge is 0.316 e. The molecule has 0 radical (unpaired) electrons. The van der Waals surface area contributed by atoms with Gasteiger partial charge in [0.15, 0.2) is 0 Å². The third-order valence-corrected chi connectivity index (χ3v) is 6.37. The first-order valence-corrected chi connectivity index (χ1v) is 9.44. The SMILES string of the molecule is CCCN(C(C)C)S(=O)(=O)c1cc(CNC)cc(Br)c1C. The molecule has 0 atom stereocenters. The molecule has 6 heteroatoms. The van der Waals surface area contributed by atoms with Gasteiger partial charge in [-0.25, -0.2) is 8.42 Å². The van der Waals surface area contributed by atoms with Crippen molar-refractivity contribution in [3.8, 4) is 0 Å². The van der Waals surface area contributed by atoms with Crippen molar-refractivity contribution in [2.45, 2.75) is 51.6 Å². The molecule has 0 spiro atoms. The summed E-state index contributed by atoms with van der Waals surface area (Å²) in [5.41, 5.74) is 1.71. The predicted octanol–water partition coefficient (Wildman–Crippen LogP) is 3.29. The monoisotopic (exact) mass is 376 g/mol. The van der Waals surface area contributed by atoms with Crippen molar-refractivity contribution in [2.24, 2.45) is 0 Å². The summed E-state index contributed by atoms with van der Waals surface area (Å²) in [6.07, 6.45) is 0.799. The second kappa shape index (κ2) is 7.72. The van der Waals surface area contributed by atoms with Gasteiger partial charge < -0.3 is 5.32 Å². The van der Waals surface area contributed by atoms with Gasteiger partial charge >= 0.3 is 0 Å². The van der Waals surface area contributed by atoms with Crippen LogP contribution >= 0.6 is 15.9 Å². The van der Waals surface area contributed by atoms with E-state index in [-0.39, 0.29) is 6.04 Å². The zero-order valence-corrected chi connectivity index (χ0v) is 15.8. The fraction of sp³-hybridized carbons (Fsp3) is 0.600. The molecule has 0 fully saturated rings. The van der Waals surface area contributed by atoms with Gasteiger partial charge in [0.25, 0.3) is 0 Å². The number of hydrogen-bond acceptors (Lipinski definition) is 3. The van der Waals surface area contributed by atoms with Gasteiger partial charge in [0, 0.05) is 23.6 Å². The van der Waals surface area contributed by atoms with Crippen molar-refractivity contribution in [3.05, 3.63) is 27.7 Å². The second-order valence-electron chi connectivity index (χ2n) is 5.44. The highest BCUT2D eigenvalue weighted by Crippen LogP contribution is 2.29. The highest BCUT2D eigenvalue weighted by Gasteiger charge is 2.28. The zero-order chi connectivity index (χ0) is 16.2. The zero-order valence-electron chi connectivity index (χ0n) is 13.4. The summed E-state index contributed by atoms with van der Waals surface area (Å²) in [5.74, 6) is 0. The maximum absolute atomic E-state index is 13.0. The molecule has 0 saturated heterocycles. The molecule has 0 aliphatic heterocycles. The third-order valence-electron chi connectivity index (χ3n) is 3.34. The lowest BCUT2D eigenvalue weighted by Crippen LogP contribution is -2.37. The maximum Gasteiger partial charge on any atom is 0.243 e. The normalized spacial score (nSPS) is 12.4. The highest BCUT2D eigenvalue weighted by atomic mass is 79.9. The van der Waals surface area contributed by atoms with Crippen LogP contribution in [-0.2, 0) is 16.6 Å². The Morgan fingerprint density at radius 1 is 1.33 bits per heavy atom. The summed E-state index contributed by atoms with van der Waals surface area (Å²) in [4.78, 5) is 0.393. The molecule has 0 bridgehead atoms. The summed E-state index contributed by atoms with van der Waals surface area (Å²) in [6.45, 7) is 8.82. The summed E-state index contributed by atoms with van der Waals surface area (Å²) in [6, 6.07) is 3.68. The summed E-state index contributed by atoms with van der Waals surface area (Å²) < 4.78 is 28.4. The Bertz CT molecular complexity index is 586. The van der Waals surface area contributed by atoms with E-state index in [1.807, 2.05) is 40.8 Å². The van der Waals surface area contributed by atoms with Crippen LogP contribution in [-0.4, -0.2) is 32.4 Å². The van der Waals surface area contributed by atoms with Crippen LogP contribution in [0.1, 0.15) is 38.3 Å². The number of benzene rings is 1. The molecule has 1 rings (SSSR count). The molecular weight excluding hydrogens is 352 g/mol. The van der Waals surface area contributed by atoms with Crippen molar-refractivity contribution in [1.82, 2.24) is 9.62 Å². The molecule has 0 heterocycles. The van der Waals surface area contributed by atoms with E-state index in [1.165, 1.54) is 0 Å². The fourth-order valence-corrected chi connectivity index (χ4v) is 4.95. The van der Waals surface area contributed by atoms with E-state index in [0.717, 1.165) is 22.0 Å². The third kappa shape index (κ3) is 4.28. The standard InChI is InChI=1S/C15H25BrN2O2S/c1-6-7-18(11(2)3)21(19,20)15-9-13(10-17-5)8-14(16)12(15)4/h8-9,11,17H,6-7,10H2,1-5H3. The van der Waals surface area contributed by atoms with E-state index >= 15 is 0 Å². The van der Waals surface area contributed by atoms with Crippen LogP contribution in [0.25, 0.3) is 0 Å². The average molecular weight is 377 g/mol. The topological polar surface area (TPSA) is 49.4 Å². The predicted molar refractivity (Wildman–Crippen MR) is 91.0 cm³/mol. The Labute approximate surface area is 137 Å². The van der Waals surface area contributed by atoms with Crippen LogP contribution in [0.5, 0.6) is 0 Å². The highest BCUT2D eigenvalue weighted by molar-refractivity contribution is 9.10. The molecule has 0 aliphatic rings. The van der Waals surface area contributed by atoms with Gasteiger partial charge in [0.1, 0.15) is 0 Å². The van der Waals surface area contributed by atoms with Gasteiger partial charge in [-0.3, -0.25) is 0 Å². The number of rotatable bonds is 7. The number of hydrogen-bond donors (Lipinski definition) is 1. The lowest BCUT2D eigenvalue weighted by Gasteiger charge is -2.26. The van der Waals surface area contributed by atoms with Crippen molar-refractivity contribution in [1.29, 1.82) is 0 Å². The molecule has 1 N–H and O–H groups in total. The van der Waals surface area contributed by atoms with Crippen LogP contribution in [0.2, 0.25) is 0 Å². The van der Waals surface area contributed by atoms with E-state index in [2.05, 4.69) is 21.2 Å². The molecule has 1 aromatic carbocycles. The number of sulfonamides is 1. The summed E-state index contributed by atoms with van der Waals surface area (Å²) in [7, 11) is -1.63. The molecule has 0 aromatic heterocycles. The average Bonchev–Trinajstić information content (AvgIpc) is 2.39. The first kappa shape index (κ1) is 18.6. The van der Waals surface area contributed by atoms with Crippen molar-refractivity contribution in [2.75, 3.05) is 13.6 Å². The van der Waals surface area contributed by atoms with E-state index in [1.54, 1.807) is 10.4 Å². The fourth-order valence-electron chi connectivity index (χ4n) is 2.28. The van der Waals surface area contributed by atoms with E-state index in [4.69, 9.17) is 0 Å². The Hall–Kier alpha value is -0.430. The van der Waals surface area contributed by atoms with Crippen LogP contribution in [0.15, 0.2) is 21.5 Å². The van der Waals surface area contributed by atoms with Gasteiger partial charge in [0.2, 0.25) is 10.0 Å². The van der Waals surface area contributed by atoms with Crippen LogP contribution < -0.4 is 5.32 Å². The Kier molecular flexibility index (Phi) is 6.84. The quantitative estimate of drug-likeness (QED) is 0.793. The minimum Gasteiger partial charge on any atom is -0.316 e. The molecule has 1 aromatic rings. The van der Waals surface area contributed by atoms with Crippen molar-refractivity contribution >= 4 is 26.0 Å². The summed E-state index contributed by atoms with van der Waals surface area (Å²) in [5, 5.41) is 3.06. The first-order valence-electron chi connectivity index (χ1n) is 7.21. The van der Waals surface area contributed by atoms with Crippen LogP contribution in [0.4, 0.5) is 0 Å². The van der Waals surface area contributed by atoms with E-state index in [0.29, 0.717) is 18.0 Å². The van der Waals surface area contributed by atoms with Crippen LogP contribution in [0, 0.1) is 6.92 Å². The number of halogens is 1. The van der Waals surface area contributed by atoms with Crippen molar-refractivity contribution in [3.63, 3.8) is 0 Å². The maximum atomic E-state index is 13.0. The van der Waals surface area contributed by atoms with Gasteiger partial charge in [-0.05, 0) is 57.5 Å². The van der Waals surface area contributed by atoms with Gasteiger partial charge in [-0.2, -0.15) is 4.31 Å². The summed E-state index contributed by atoms with van der Waals surface area (Å²) >= 11 is 3.47. The van der Waals surface area contributed by atoms with Gasteiger partial charge in [-0.15, -0.1) is 0 Å². The lowest BCUT2D eigenvalue weighted by atomic mass is 10.1. The van der Waals surface area contributed by atoms with Crippen molar-refractivity contribution < 1.29 is 8.42 Å². The molecule has 0 unspecified atom stereocenters. The Morgan fingerprint density at radius 2 is 1.95 bits per heavy atom. The molecule has 0 amide bonds.